The third-order valence-corrected chi connectivity index (χ3v) is 4.95. The molecule has 2 aromatic rings. The van der Waals surface area contributed by atoms with Gasteiger partial charge in [-0.3, -0.25) is 9.69 Å². The van der Waals surface area contributed by atoms with Crippen LogP contribution in [0.3, 0.4) is 0 Å². The molecule has 1 fully saturated rings. The Hall–Kier alpha value is -1.59. The number of nitrogens with zero attached hydrogens (tertiary/aromatic N) is 2. The molecule has 2 aromatic heterocycles. The molecule has 3 rings (SSSR count). The van der Waals surface area contributed by atoms with Crippen LogP contribution in [0.5, 0.6) is 0 Å². The van der Waals surface area contributed by atoms with Gasteiger partial charge in [-0.15, -0.1) is 11.3 Å². The van der Waals surface area contributed by atoms with E-state index in [9.17, 15) is 4.79 Å². The molecule has 0 bridgehead atoms. The van der Waals surface area contributed by atoms with Gasteiger partial charge < -0.3 is 9.32 Å². The Morgan fingerprint density at radius 2 is 2.38 bits per heavy atom. The van der Waals surface area contributed by atoms with Crippen LogP contribution in [0, 0.1) is 0 Å². The lowest BCUT2D eigenvalue weighted by molar-refractivity contribution is -0.132. The zero-order valence-corrected chi connectivity index (χ0v) is 13.0. The van der Waals surface area contributed by atoms with E-state index in [1.165, 1.54) is 4.88 Å². The second kappa shape index (κ2) is 6.45. The molecule has 0 radical (unpaired) electrons. The van der Waals surface area contributed by atoms with Crippen LogP contribution in [-0.2, 0) is 11.3 Å². The maximum atomic E-state index is 12.4. The molecule has 1 atom stereocenters. The Labute approximate surface area is 129 Å². The number of carbonyl (C=O) groups excluding carboxylic acids is 1. The first kappa shape index (κ1) is 14.4. The first-order valence-corrected chi connectivity index (χ1v) is 8.16. The summed E-state index contributed by atoms with van der Waals surface area (Å²) in [5, 5.41) is 2.11. The quantitative estimate of drug-likeness (QED) is 0.851. The maximum Gasteiger partial charge on any atom is 0.236 e. The van der Waals surface area contributed by atoms with Gasteiger partial charge >= 0.3 is 0 Å². The molecule has 1 amide bonds. The maximum absolute atomic E-state index is 12.4. The number of rotatable bonds is 5. The summed E-state index contributed by atoms with van der Waals surface area (Å²) in [6, 6.07) is 8.41. The topological polar surface area (TPSA) is 36.7 Å². The summed E-state index contributed by atoms with van der Waals surface area (Å²) in [5.41, 5.74) is 0. The summed E-state index contributed by atoms with van der Waals surface area (Å²) >= 11 is 1.78. The van der Waals surface area contributed by atoms with Gasteiger partial charge in [0.25, 0.3) is 0 Å². The molecule has 0 aromatic carbocycles. The molecule has 5 heteroatoms. The molecule has 21 heavy (non-hydrogen) atoms. The van der Waals surface area contributed by atoms with Crippen molar-refractivity contribution >= 4 is 17.2 Å². The normalized spacial score (nSPS) is 19.0. The van der Waals surface area contributed by atoms with Crippen LogP contribution >= 0.6 is 11.3 Å². The van der Waals surface area contributed by atoms with E-state index in [0.29, 0.717) is 19.1 Å². The highest BCUT2D eigenvalue weighted by atomic mass is 32.1. The van der Waals surface area contributed by atoms with Crippen molar-refractivity contribution in [3.8, 4) is 0 Å². The van der Waals surface area contributed by atoms with Crippen LogP contribution in [0.15, 0.2) is 40.3 Å². The van der Waals surface area contributed by atoms with Gasteiger partial charge in [0.1, 0.15) is 5.76 Å². The van der Waals surface area contributed by atoms with Crippen LogP contribution in [-0.4, -0.2) is 35.8 Å². The van der Waals surface area contributed by atoms with Crippen molar-refractivity contribution in [1.82, 2.24) is 9.80 Å². The summed E-state index contributed by atoms with van der Waals surface area (Å²) in [6.45, 7) is 2.02. The van der Waals surface area contributed by atoms with Crippen molar-refractivity contribution in [3.05, 3.63) is 46.5 Å². The smallest absolute Gasteiger partial charge is 0.236 e. The molecule has 0 unspecified atom stereocenters. The fourth-order valence-corrected chi connectivity index (χ4v) is 3.73. The molecule has 1 aliphatic heterocycles. The third-order valence-electron chi connectivity index (χ3n) is 3.97. The van der Waals surface area contributed by atoms with Crippen molar-refractivity contribution in [2.45, 2.75) is 25.4 Å². The van der Waals surface area contributed by atoms with E-state index >= 15 is 0 Å². The zero-order chi connectivity index (χ0) is 14.7. The Morgan fingerprint density at radius 3 is 3.10 bits per heavy atom. The van der Waals surface area contributed by atoms with Crippen molar-refractivity contribution in [2.75, 3.05) is 20.1 Å². The number of furan rings is 1. The van der Waals surface area contributed by atoms with Crippen LogP contribution < -0.4 is 0 Å². The number of likely N-dealkylation sites (N-methyl/N-ethyl adjacent to an activating group) is 1. The number of amides is 1. The fourth-order valence-electron chi connectivity index (χ4n) is 2.84. The number of hydrogen-bond acceptors (Lipinski definition) is 4. The Morgan fingerprint density at radius 1 is 1.48 bits per heavy atom. The minimum absolute atomic E-state index is 0.148. The second-order valence-corrected chi connectivity index (χ2v) is 6.45. The molecule has 4 nitrogen and oxygen atoms in total. The van der Waals surface area contributed by atoms with Gasteiger partial charge in [-0.1, -0.05) is 6.07 Å². The average Bonchev–Trinajstić information content (AvgIpc) is 3.20. The van der Waals surface area contributed by atoms with Gasteiger partial charge in [0.15, 0.2) is 0 Å². The Bertz CT molecular complexity index is 565. The first-order chi connectivity index (χ1) is 10.2. The van der Waals surface area contributed by atoms with Crippen LogP contribution in [0.2, 0.25) is 0 Å². The van der Waals surface area contributed by atoms with Crippen molar-refractivity contribution in [2.24, 2.45) is 0 Å². The van der Waals surface area contributed by atoms with E-state index < -0.39 is 0 Å². The van der Waals surface area contributed by atoms with E-state index in [0.717, 1.165) is 25.1 Å². The molecular formula is C16H20N2O2S. The minimum atomic E-state index is 0.148. The van der Waals surface area contributed by atoms with Crippen LogP contribution in [0.4, 0.5) is 0 Å². The number of hydrogen-bond donors (Lipinski definition) is 0. The SMILES string of the molecule is CN(Cc1ccco1)C(=O)CN1CCC[C@@H]1c1cccs1. The van der Waals surface area contributed by atoms with E-state index in [1.807, 2.05) is 19.2 Å². The highest BCUT2D eigenvalue weighted by molar-refractivity contribution is 7.10. The van der Waals surface area contributed by atoms with E-state index in [4.69, 9.17) is 4.42 Å². The van der Waals surface area contributed by atoms with Crippen molar-refractivity contribution in [1.29, 1.82) is 0 Å². The summed E-state index contributed by atoms with van der Waals surface area (Å²) in [6.07, 6.45) is 3.95. The molecule has 1 saturated heterocycles. The van der Waals surface area contributed by atoms with E-state index in [1.54, 1.807) is 22.5 Å². The summed E-state index contributed by atoms with van der Waals surface area (Å²) in [5.74, 6) is 0.969. The van der Waals surface area contributed by atoms with Gasteiger partial charge in [0, 0.05) is 18.0 Å². The molecule has 0 spiro atoms. The van der Waals surface area contributed by atoms with E-state index in [-0.39, 0.29) is 5.91 Å². The molecule has 1 aliphatic rings. The monoisotopic (exact) mass is 304 g/mol. The second-order valence-electron chi connectivity index (χ2n) is 5.47. The third kappa shape index (κ3) is 3.36. The highest BCUT2D eigenvalue weighted by Crippen LogP contribution is 2.34. The first-order valence-electron chi connectivity index (χ1n) is 7.28. The average molecular weight is 304 g/mol. The van der Waals surface area contributed by atoms with Gasteiger partial charge in [0.2, 0.25) is 5.91 Å². The van der Waals surface area contributed by atoms with Crippen LogP contribution in [0.25, 0.3) is 0 Å². The number of likely N-dealkylation sites (tertiary alicyclic amines) is 1. The summed E-state index contributed by atoms with van der Waals surface area (Å²) < 4.78 is 5.30. The Balaban J connectivity index is 1.58. The molecule has 0 N–H and O–H groups in total. The van der Waals surface area contributed by atoms with Crippen molar-refractivity contribution < 1.29 is 9.21 Å². The number of thiophene rings is 1. The predicted molar refractivity (Wildman–Crippen MR) is 83.0 cm³/mol. The zero-order valence-electron chi connectivity index (χ0n) is 12.2. The highest BCUT2D eigenvalue weighted by Gasteiger charge is 2.29. The van der Waals surface area contributed by atoms with E-state index in [2.05, 4.69) is 22.4 Å². The van der Waals surface area contributed by atoms with Gasteiger partial charge in [-0.05, 0) is 43.0 Å². The molecule has 112 valence electrons. The van der Waals surface area contributed by atoms with Gasteiger partial charge in [-0.25, -0.2) is 0 Å². The van der Waals surface area contributed by atoms with Gasteiger partial charge in [0.05, 0.1) is 19.4 Å². The molecule has 0 saturated carbocycles. The molecule has 0 aliphatic carbocycles. The minimum Gasteiger partial charge on any atom is -0.467 e. The van der Waals surface area contributed by atoms with Crippen molar-refractivity contribution in [3.63, 3.8) is 0 Å². The number of carbonyl (C=O) groups is 1. The summed E-state index contributed by atoms with van der Waals surface area (Å²) in [7, 11) is 1.83. The van der Waals surface area contributed by atoms with Crippen LogP contribution in [0.1, 0.15) is 29.5 Å². The Kier molecular flexibility index (Phi) is 4.41. The molecule has 3 heterocycles. The lowest BCUT2D eigenvalue weighted by Gasteiger charge is -2.25. The summed E-state index contributed by atoms with van der Waals surface area (Å²) in [4.78, 5) is 17.8. The molecular weight excluding hydrogens is 284 g/mol. The lowest BCUT2D eigenvalue weighted by atomic mass is 10.2. The van der Waals surface area contributed by atoms with Gasteiger partial charge in [-0.2, -0.15) is 0 Å². The largest absolute Gasteiger partial charge is 0.467 e. The predicted octanol–water partition coefficient (Wildman–Crippen LogP) is 3.14. The lowest BCUT2D eigenvalue weighted by Crippen LogP contribution is -2.37. The fraction of sp³-hybridized carbons (Fsp3) is 0.438. The standard InChI is InChI=1S/C16H20N2O2S/c1-17(11-13-5-3-9-20-13)16(19)12-18-8-2-6-14(18)15-7-4-10-21-15/h3-5,7,9-10,14H,2,6,8,11-12H2,1H3/t14-/m1/s1.